The van der Waals surface area contributed by atoms with Gasteiger partial charge in [0.25, 0.3) is 5.91 Å². The highest BCUT2D eigenvalue weighted by Gasteiger charge is 2.17. The number of aliphatic carboxylic acids is 1. The molecule has 1 aromatic rings. The normalized spacial score (nSPS) is 18.0. The number of benzene rings is 1. The molecule has 2 rings (SSSR count). The van der Waals surface area contributed by atoms with Gasteiger partial charge < -0.3 is 15.2 Å². The Balaban J connectivity index is 1.98. The predicted octanol–water partition coefficient (Wildman–Crippen LogP) is 2.20. The zero-order chi connectivity index (χ0) is 15.2. The van der Waals surface area contributed by atoms with Gasteiger partial charge in [-0.25, -0.2) is 4.79 Å². The number of nitrogens with one attached hydrogen (secondary N) is 1. The molecule has 1 aliphatic rings. The molecule has 0 aromatic heterocycles. The van der Waals surface area contributed by atoms with Gasteiger partial charge in [0.15, 0.2) is 0 Å². The Morgan fingerprint density at radius 3 is 2.90 bits per heavy atom. The van der Waals surface area contributed by atoms with Crippen LogP contribution in [0.5, 0.6) is 0 Å². The van der Waals surface area contributed by atoms with Crippen molar-refractivity contribution in [2.75, 3.05) is 19.8 Å². The van der Waals surface area contributed by atoms with Crippen molar-refractivity contribution in [1.29, 1.82) is 0 Å². The second-order valence-corrected chi connectivity index (χ2v) is 5.25. The first kappa shape index (κ1) is 15.5. The third-order valence-corrected chi connectivity index (χ3v) is 3.57. The molecule has 0 spiro atoms. The van der Waals surface area contributed by atoms with Gasteiger partial charge in [0.1, 0.15) is 0 Å². The summed E-state index contributed by atoms with van der Waals surface area (Å²) in [4.78, 5) is 22.5. The molecule has 21 heavy (non-hydrogen) atoms. The van der Waals surface area contributed by atoms with Crippen molar-refractivity contribution in [3.8, 4) is 0 Å². The first-order valence-electron chi connectivity index (χ1n) is 6.63. The molecular formula is C15H16ClNO4. The van der Waals surface area contributed by atoms with E-state index in [-0.39, 0.29) is 5.91 Å². The van der Waals surface area contributed by atoms with E-state index in [9.17, 15) is 9.59 Å². The third-order valence-electron chi connectivity index (χ3n) is 3.24. The van der Waals surface area contributed by atoms with Crippen molar-refractivity contribution < 1.29 is 19.4 Å². The number of hydrogen-bond acceptors (Lipinski definition) is 3. The van der Waals surface area contributed by atoms with Gasteiger partial charge in [-0.15, -0.1) is 0 Å². The van der Waals surface area contributed by atoms with E-state index in [0.29, 0.717) is 35.2 Å². The van der Waals surface area contributed by atoms with Crippen LogP contribution in [0.15, 0.2) is 24.3 Å². The summed E-state index contributed by atoms with van der Waals surface area (Å²) < 4.78 is 5.25. The molecule has 1 aliphatic heterocycles. The van der Waals surface area contributed by atoms with Gasteiger partial charge in [0.05, 0.1) is 6.61 Å². The minimum absolute atomic E-state index is 0.197. The minimum Gasteiger partial charge on any atom is -0.478 e. The van der Waals surface area contributed by atoms with Crippen LogP contribution in [0.25, 0.3) is 6.08 Å². The molecule has 1 amide bonds. The monoisotopic (exact) mass is 309 g/mol. The van der Waals surface area contributed by atoms with Crippen molar-refractivity contribution in [1.82, 2.24) is 5.32 Å². The summed E-state index contributed by atoms with van der Waals surface area (Å²) in [5.41, 5.74) is 1.01. The number of hydrogen-bond donors (Lipinski definition) is 2. The fourth-order valence-corrected chi connectivity index (χ4v) is 2.29. The summed E-state index contributed by atoms with van der Waals surface area (Å²) in [6.45, 7) is 2.01. The van der Waals surface area contributed by atoms with E-state index >= 15 is 0 Å². The fourth-order valence-electron chi connectivity index (χ4n) is 2.05. The van der Waals surface area contributed by atoms with Crippen molar-refractivity contribution in [3.05, 3.63) is 40.4 Å². The lowest BCUT2D eigenvalue weighted by atomic mass is 10.1. The number of amides is 1. The van der Waals surface area contributed by atoms with E-state index in [0.717, 1.165) is 19.1 Å². The van der Waals surface area contributed by atoms with Crippen molar-refractivity contribution in [2.24, 2.45) is 5.92 Å². The Morgan fingerprint density at radius 2 is 2.29 bits per heavy atom. The topological polar surface area (TPSA) is 75.6 Å². The third kappa shape index (κ3) is 4.58. The second kappa shape index (κ2) is 7.24. The Kier molecular flexibility index (Phi) is 5.36. The number of carbonyl (C=O) groups is 2. The van der Waals surface area contributed by atoms with E-state index in [2.05, 4.69) is 5.32 Å². The van der Waals surface area contributed by atoms with Crippen molar-refractivity contribution in [3.63, 3.8) is 0 Å². The van der Waals surface area contributed by atoms with Crippen LogP contribution in [-0.2, 0) is 9.53 Å². The van der Waals surface area contributed by atoms with Crippen LogP contribution in [0.2, 0.25) is 5.02 Å². The first-order chi connectivity index (χ1) is 10.1. The Labute approximate surface area is 127 Å². The van der Waals surface area contributed by atoms with Crippen LogP contribution in [0, 0.1) is 5.92 Å². The van der Waals surface area contributed by atoms with E-state index < -0.39 is 5.97 Å². The van der Waals surface area contributed by atoms with E-state index in [1.807, 2.05) is 0 Å². The molecule has 1 fully saturated rings. The molecular weight excluding hydrogens is 294 g/mol. The first-order valence-corrected chi connectivity index (χ1v) is 7.00. The molecule has 1 saturated heterocycles. The standard InChI is InChI=1S/C15H16ClNO4/c16-13-7-12(2-1-11(13)3-4-14(18)19)15(20)17-8-10-5-6-21-9-10/h1-4,7,10H,5-6,8-9H2,(H,17,20)(H,18,19)/b4-3+. The Morgan fingerprint density at radius 1 is 1.48 bits per heavy atom. The smallest absolute Gasteiger partial charge is 0.328 e. The molecule has 5 nitrogen and oxygen atoms in total. The number of carboxylic acids is 1. The largest absolute Gasteiger partial charge is 0.478 e. The second-order valence-electron chi connectivity index (χ2n) is 4.85. The number of carboxylic acid groups (broad SMARTS) is 1. The molecule has 1 atom stereocenters. The van der Waals surface area contributed by atoms with Gasteiger partial charge in [-0.05, 0) is 30.2 Å². The molecule has 0 aliphatic carbocycles. The zero-order valence-corrected chi connectivity index (χ0v) is 12.1. The number of halogens is 1. The molecule has 1 heterocycles. The molecule has 1 unspecified atom stereocenters. The Bertz CT molecular complexity index is 565. The highest BCUT2D eigenvalue weighted by atomic mass is 35.5. The summed E-state index contributed by atoms with van der Waals surface area (Å²) in [6.07, 6.45) is 3.35. The maximum absolute atomic E-state index is 12.0. The van der Waals surface area contributed by atoms with Crippen LogP contribution in [0.4, 0.5) is 0 Å². The molecule has 0 bridgehead atoms. The van der Waals surface area contributed by atoms with E-state index in [1.165, 1.54) is 12.1 Å². The highest BCUT2D eigenvalue weighted by molar-refractivity contribution is 6.32. The lowest BCUT2D eigenvalue weighted by molar-refractivity contribution is -0.131. The van der Waals surface area contributed by atoms with Crippen LogP contribution in [0.3, 0.4) is 0 Å². The van der Waals surface area contributed by atoms with Crippen molar-refractivity contribution in [2.45, 2.75) is 6.42 Å². The SMILES string of the molecule is O=C(O)/C=C/c1ccc(C(=O)NCC2CCOC2)cc1Cl. The van der Waals surface area contributed by atoms with Gasteiger partial charge in [0, 0.05) is 35.7 Å². The fraction of sp³-hybridized carbons (Fsp3) is 0.333. The average Bonchev–Trinajstić information content (AvgIpc) is 2.96. The summed E-state index contributed by atoms with van der Waals surface area (Å²) >= 11 is 6.04. The number of rotatable bonds is 5. The predicted molar refractivity (Wildman–Crippen MR) is 79.4 cm³/mol. The highest BCUT2D eigenvalue weighted by Crippen LogP contribution is 2.19. The summed E-state index contributed by atoms with van der Waals surface area (Å²) in [5, 5.41) is 11.8. The lowest BCUT2D eigenvalue weighted by Crippen LogP contribution is -2.29. The maximum atomic E-state index is 12.0. The number of carbonyl (C=O) groups excluding carboxylic acids is 1. The minimum atomic E-state index is -1.05. The van der Waals surface area contributed by atoms with Crippen LogP contribution in [0.1, 0.15) is 22.3 Å². The number of ether oxygens (including phenoxy) is 1. The van der Waals surface area contributed by atoms with E-state index in [4.69, 9.17) is 21.4 Å². The summed E-state index contributed by atoms with van der Waals surface area (Å²) in [6, 6.07) is 4.77. The lowest BCUT2D eigenvalue weighted by Gasteiger charge is -2.10. The van der Waals surface area contributed by atoms with Crippen LogP contribution < -0.4 is 5.32 Å². The van der Waals surface area contributed by atoms with Crippen LogP contribution >= 0.6 is 11.6 Å². The molecule has 112 valence electrons. The van der Waals surface area contributed by atoms with E-state index in [1.54, 1.807) is 12.1 Å². The van der Waals surface area contributed by atoms with Crippen LogP contribution in [-0.4, -0.2) is 36.7 Å². The zero-order valence-electron chi connectivity index (χ0n) is 11.3. The summed E-state index contributed by atoms with van der Waals surface area (Å²) in [5.74, 6) is -0.883. The molecule has 6 heteroatoms. The van der Waals surface area contributed by atoms with Gasteiger partial charge in [-0.3, -0.25) is 4.79 Å². The summed E-state index contributed by atoms with van der Waals surface area (Å²) in [7, 11) is 0. The van der Waals surface area contributed by atoms with Gasteiger partial charge >= 0.3 is 5.97 Å². The average molecular weight is 310 g/mol. The molecule has 0 radical (unpaired) electrons. The Hall–Kier alpha value is -1.85. The molecule has 1 aromatic carbocycles. The van der Waals surface area contributed by atoms with Crippen molar-refractivity contribution >= 4 is 29.6 Å². The molecule has 0 saturated carbocycles. The quantitative estimate of drug-likeness (QED) is 0.818. The molecule has 2 N–H and O–H groups in total. The maximum Gasteiger partial charge on any atom is 0.328 e. The van der Waals surface area contributed by atoms with Gasteiger partial charge in [-0.2, -0.15) is 0 Å². The van der Waals surface area contributed by atoms with Gasteiger partial charge in [-0.1, -0.05) is 17.7 Å². The van der Waals surface area contributed by atoms with Gasteiger partial charge in [0.2, 0.25) is 0 Å².